The lowest BCUT2D eigenvalue weighted by atomic mass is 10.2. The Kier molecular flexibility index (Phi) is 5.70. The Labute approximate surface area is 182 Å². The van der Waals surface area contributed by atoms with E-state index in [1.54, 1.807) is 17.5 Å². The number of benzene rings is 1. The number of carbonyl (C=O) groups is 1. The van der Waals surface area contributed by atoms with E-state index >= 15 is 0 Å². The third-order valence-electron chi connectivity index (χ3n) is 4.10. The predicted octanol–water partition coefficient (Wildman–Crippen LogP) is 5.15. The maximum atomic E-state index is 13.2. The molecule has 4 aromatic rings. The number of nitrogens with zero attached hydrogens (tertiary/aromatic N) is 4. The van der Waals surface area contributed by atoms with Crippen LogP contribution in [0.2, 0.25) is 0 Å². The number of alkyl halides is 3. The SMILES string of the molecule is Cc1cccc(C=NNC(=O)c2csc(-n3nc(C(F)(F)F)cc3-c3cccs3)n2)c1. The Bertz CT molecular complexity index is 1240. The summed E-state index contributed by atoms with van der Waals surface area (Å²) in [4.78, 5) is 17.1. The molecule has 158 valence electrons. The van der Waals surface area contributed by atoms with Crippen molar-refractivity contribution in [3.63, 3.8) is 0 Å². The first-order chi connectivity index (χ1) is 14.8. The van der Waals surface area contributed by atoms with Gasteiger partial charge < -0.3 is 0 Å². The Morgan fingerprint density at radius 2 is 2.03 bits per heavy atom. The van der Waals surface area contributed by atoms with Gasteiger partial charge in [0.15, 0.2) is 5.69 Å². The highest BCUT2D eigenvalue weighted by Crippen LogP contribution is 2.35. The molecule has 31 heavy (non-hydrogen) atoms. The molecule has 0 fully saturated rings. The summed E-state index contributed by atoms with van der Waals surface area (Å²) in [5, 5.41) is 10.9. The van der Waals surface area contributed by atoms with Crippen molar-refractivity contribution in [1.29, 1.82) is 0 Å². The van der Waals surface area contributed by atoms with Crippen molar-refractivity contribution in [2.45, 2.75) is 13.1 Å². The van der Waals surface area contributed by atoms with Gasteiger partial charge in [0.2, 0.25) is 5.13 Å². The van der Waals surface area contributed by atoms with E-state index in [-0.39, 0.29) is 16.5 Å². The van der Waals surface area contributed by atoms with Gasteiger partial charge in [-0.05, 0) is 30.0 Å². The molecule has 0 spiro atoms. The summed E-state index contributed by atoms with van der Waals surface area (Å²) >= 11 is 2.29. The zero-order chi connectivity index (χ0) is 22.0. The molecule has 6 nitrogen and oxygen atoms in total. The Hall–Kier alpha value is -3.31. The van der Waals surface area contributed by atoms with Gasteiger partial charge in [-0.25, -0.2) is 15.1 Å². The Morgan fingerprint density at radius 3 is 2.74 bits per heavy atom. The van der Waals surface area contributed by atoms with Crippen molar-refractivity contribution in [2.24, 2.45) is 5.10 Å². The normalized spacial score (nSPS) is 11.9. The molecule has 0 aliphatic carbocycles. The molecule has 0 aliphatic heterocycles. The number of hydrogen-bond donors (Lipinski definition) is 1. The molecule has 0 aliphatic rings. The fourth-order valence-corrected chi connectivity index (χ4v) is 4.20. The van der Waals surface area contributed by atoms with Crippen LogP contribution in [0.15, 0.2) is 58.3 Å². The number of hydrogen-bond acceptors (Lipinski definition) is 6. The first kappa shape index (κ1) is 20.9. The van der Waals surface area contributed by atoms with E-state index in [2.05, 4.69) is 20.6 Å². The van der Waals surface area contributed by atoms with Crippen molar-refractivity contribution in [2.75, 3.05) is 0 Å². The molecule has 11 heteroatoms. The average Bonchev–Trinajstić information content (AvgIpc) is 3.46. The van der Waals surface area contributed by atoms with Gasteiger partial charge in [-0.1, -0.05) is 35.9 Å². The molecular formula is C20H14F3N5OS2. The van der Waals surface area contributed by atoms with Gasteiger partial charge in [0.05, 0.1) is 16.8 Å². The molecule has 1 N–H and O–H groups in total. The Morgan fingerprint density at radius 1 is 1.19 bits per heavy atom. The van der Waals surface area contributed by atoms with Crippen LogP contribution in [0.4, 0.5) is 13.2 Å². The topological polar surface area (TPSA) is 72.2 Å². The average molecular weight is 461 g/mol. The number of thiophene rings is 1. The van der Waals surface area contributed by atoms with Crippen LogP contribution in [0, 0.1) is 6.92 Å². The number of carbonyl (C=O) groups excluding carboxylic acids is 1. The van der Waals surface area contributed by atoms with Crippen LogP contribution >= 0.6 is 22.7 Å². The maximum absolute atomic E-state index is 13.2. The van der Waals surface area contributed by atoms with Gasteiger partial charge in [0.25, 0.3) is 5.91 Å². The lowest BCUT2D eigenvalue weighted by molar-refractivity contribution is -0.141. The largest absolute Gasteiger partial charge is 0.435 e. The molecule has 0 radical (unpaired) electrons. The first-order valence-electron chi connectivity index (χ1n) is 8.88. The summed E-state index contributed by atoms with van der Waals surface area (Å²) in [5.74, 6) is -0.577. The second-order valence-corrected chi connectivity index (χ2v) is 8.21. The Balaban J connectivity index is 1.57. The maximum Gasteiger partial charge on any atom is 0.435 e. The van der Waals surface area contributed by atoms with Crippen LogP contribution in [0.25, 0.3) is 15.7 Å². The molecule has 0 atom stereocenters. The van der Waals surface area contributed by atoms with E-state index < -0.39 is 17.8 Å². The third kappa shape index (κ3) is 4.72. The standard InChI is InChI=1S/C20H14F3N5OS2/c1-12-4-2-5-13(8-12)10-24-26-18(29)14-11-31-19(25-14)28-15(16-6-3-7-30-16)9-17(27-28)20(21,22)23/h2-11H,1H3,(H,26,29). The molecule has 1 aromatic carbocycles. The molecule has 0 saturated heterocycles. The highest BCUT2D eigenvalue weighted by atomic mass is 32.1. The molecule has 0 unspecified atom stereocenters. The molecular weight excluding hydrogens is 447 g/mol. The zero-order valence-corrected chi connectivity index (χ0v) is 17.6. The number of thiazole rings is 1. The van der Waals surface area contributed by atoms with Crippen LogP contribution in [0.5, 0.6) is 0 Å². The fraction of sp³-hybridized carbons (Fsp3) is 0.100. The van der Waals surface area contributed by atoms with Crippen LogP contribution in [0.3, 0.4) is 0 Å². The zero-order valence-electron chi connectivity index (χ0n) is 15.9. The van der Waals surface area contributed by atoms with Crippen LogP contribution in [0.1, 0.15) is 27.3 Å². The number of hydrazone groups is 1. The molecule has 3 aromatic heterocycles. The van der Waals surface area contributed by atoms with Crippen LogP contribution < -0.4 is 5.43 Å². The van der Waals surface area contributed by atoms with E-state index in [0.29, 0.717) is 4.88 Å². The van der Waals surface area contributed by atoms with Gasteiger partial charge in [-0.3, -0.25) is 4.79 Å². The van der Waals surface area contributed by atoms with Crippen molar-refractivity contribution < 1.29 is 18.0 Å². The molecule has 0 bridgehead atoms. The van der Waals surface area contributed by atoms with E-state index in [1.807, 2.05) is 31.2 Å². The number of rotatable bonds is 5. The number of amides is 1. The minimum Gasteiger partial charge on any atom is -0.266 e. The summed E-state index contributed by atoms with van der Waals surface area (Å²) in [6.07, 6.45) is -3.10. The quantitative estimate of drug-likeness (QED) is 0.330. The van der Waals surface area contributed by atoms with Gasteiger partial charge >= 0.3 is 6.18 Å². The minimum absolute atomic E-state index is 0.0302. The summed E-state index contributed by atoms with van der Waals surface area (Å²) < 4.78 is 40.7. The molecule has 0 saturated carbocycles. The van der Waals surface area contributed by atoms with E-state index in [4.69, 9.17) is 0 Å². The smallest absolute Gasteiger partial charge is 0.266 e. The number of aromatic nitrogens is 3. The number of nitrogens with one attached hydrogen (secondary N) is 1. The van der Waals surface area contributed by atoms with Crippen molar-refractivity contribution in [3.05, 3.63) is 75.7 Å². The second-order valence-electron chi connectivity index (χ2n) is 6.43. The summed E-state index contributed by atoms with van der Waals surface area (Å²) in [5.41, 5.74) is 3.49. The molecule has 3 heterocycles. The van der Waals surface area contributed by atoms with E-state index in [0.717, 1.165) is 33.2 Å². The highest BCUT2D eigenvalue weighted by molar-refractivity contribution is 7.13. The van der Waals surface area contributed by atoms with Crippen molar-refractivity contribution in [3.8, 4) is 15.7 Å². The predicted molar refractivity (Wildman–Crippen MR) is 114 cm³/mol. The van der Waals surface area contributed by atoms with Crippen LogP contribution in [-0.4, -0.2) is 26.9 Å². The van der Waals surface area contributed by atoms with Crippen LogP contribution in [-0.2, 0) is 6.18 Å². The second kappa shape index (κ2) is 8.44. The van der Waals surface area contributed by atoms with E-state index in [1.165, 1.54) is 22.9 Å². The minimum atomic E-state index is -4.60. The van der Waals surface area contributed by atoms with Gasteiger partial charge in [0.1, 0.15) is 5.69 Å². The van der Waals surface area contributed by atoms with Crippen molar-refractivity contribution in [1.82, 2.24) is 20.2 Å². The van der Waals surface area contributed by atoms with Gasteiger partial charge in [-0.15, -0.1) is 22.7 Å². The fourth-order valence-electron chi connectivity index (χ4n) is 2.70. The molecule has 4 rings (SSSR count). The third-order valence-corrected chi connectivity index (χ3v) is 5.81. The summed E-state index contributed by atoms with van der Waals surface area (Å²) in [6, 6.07) is 12.0. The lowest BCUT2D eigenvalue weighted by Crippen LogP contribution is -2.18. The number of halogens is 3. The molecule has 1 amide bonds. The van der Waals surface area contributed by atoms with Gasteiger partial charge in [-0.2, -0.15) is 23.4 Å². The lowest BCUT2D eigenvalue weighted by Gasteiger charge is -2.02. The van der Waals surface area contributed by atoms with E-state index in [9.17, 15) is 18.0 Å². The first-order valence-corrected chi connectivity index (χ1v) is 10.6. The highest BCUT2D eigenvalue weighted by Gasteiger charge is 2.35. The summed E-state index contributed by atoms with van der Waals surface area (Å²) in [7, 11) is 0. The summed E-state index contributed by atoms with van der Waals surface area (Å²) in [6.45, 7) is 1.94. The van der Waals surface area contributed by atoms with Gasteiger partial charge in [0, 0.05) is 5.38 Å². The van der Waals surface area contributed by atoms with Crippen molar-refractivity contribution >= 4 is 34.8 Å². The number of aryl methyl sites for hydroxylation is 1. The monoisotopic (exact) mass is 461 g/mol.